The number of hydrogen-bond acceptors (Lipinski definition) is 6. The van der Waals surface area contributed by atoms with Crippen molar-refractivity contribution in [3.05, 3.63) is 41.4 Å². The molecule has 0 saturated carbocycles. The third kappa shape index (κ3) is 2.68. The fraction of sp³-hybridized carbons (Fsp3) is 0.412. The molecule has 1 aliphatic rings. The molecule has 8 nitrogen and oxygen atoms in total. The highest BCUT2D eigenvalue weighted by atomic mass is 16.3. The first-order chi connectivity index (χ1) is 12.1. The first-order valence-corrected chi connectivity index (χ1v) is 8.36. The minimum Gasteiger partial charge on any atom is -0.463 e. The van der Waals surface area contributed by atoms with E-state index >= 15 is 0 Å². The highest BCUT2D eigenvalue weighted by Gasteiger charge is 2.39. The lowest BCUT2D eigenvalue weighted by molar-refractivity contribution is -0.0279. The SMILES string of the molecule is CCc1ccc2occ(C(=O)N3CCC(O)(c4nn[nH]n4)CC3)c2c1. The number of aliphatic hydroxyl groups is 1. The van der Waals surface area contributed by atoms with Crippen molar-refractivity contribution in [1.82, 2.24) is 25.5 Å². The Hall–Kier alpha value is -2.74. The Morgan fingerprint density at radius 2 is 2.20 bits per heavy atom. The van der Waals surface area contributed by atoms with Gasteiger partial charge in [0.05, 0.1) is 5.56 Å². The van der Waals surface area contributed by atoms with E-state index in [1.54, 1.807) is 4.90 Å². The standard InChI is InChI=1S/C17H19N5O3/c1-2-11-3-4-14-12(9-11)13(10-25-14)15(23)22-7-5-17(24,6-8-22)16-18-20-21-19-16/h3-4,9-10,24H,2,5-8H2,1H3,(H,18,19,20,21). The topological polar surface area (TPSA) is 108 Å². The Bertz CT molecular complexity index is 894. The molecule has 0 unspecified atom stereocenters. The van der Waals surface area contributed by atoms with Gasteiger partial charge in [0, 0.05) is 31.3 Å². The zero-order valence-corrected chi connectivity index (χ0v) is 13.9. The molecular formula is C17H19N5O3. The third-order valence-corrected chi connectivity index (χ3v) is 4.92. The number of carbonyl (C=O) groups excluding carboxylic acids is 1. The van der Waals surface area contributed by atoms with Gasteiger partial charge in [0.2, 0.25) is 5.82 Å². The van der Waals surface area contributed by atoms with Crippen molar-refractivity contribution in [2.45, 2.75) is 31.8 Å². The lowest BCUT2D eigenvalue weighted by Gasteiger charge is -2.36. The molecule has 1 fully saturated rings. The molecule has 2 N–H and O–H groups in total. The van der Waals surface area contributed by atoms with Crippen LogP contribution in [0.2, 0.25) is 0 Å². The van der Waals surface area contributed by atoms with Crippen LogP contribution in [-0.4, -0.2) is 49.6 Å². The summed E-state index contributed by atoms with van der Waals surface area (Å²) in [5.74, 6) is 0.197. The second-order valence-corrected chi connectivity index (χ2v) is 6.39. The summed E-state index contributed by atoms with van der Waals surface area (Å²) in [5.41, 5.74) is 1.29. The van der Waals surface area contributed by atoms with Gasteiger partial charge in [0.15, 0.2) is 0 Å². The number of tetrazole rings is 1. The number of piperidine rings is 1. The highest BCUT2D eigenvalue weighted by Crippen LogP contribution is 2.31. The van der Waals surface area contributed by atoms with Crippen LogP contribution in [-0.2, 0) is 12.0 Å². The van der Waals surface area contributed by atoms with Gasteiger partial charge in [-0.05, 0) is 24.1 Å². The summed E-state index contributed by atoms with van der Waals surface area (Å²) in [6.07, 6.45) is 3.16. The van der Waals surface area contributed by atoms with E-state index in [9.17, 15) is 9.90 Å². The lowest BCUT2D eigenvalue weighted by Crippen LogP contribution is -2.45. The number of likely N-dealkylation sites (tertiary alicyclic amines) is 1. The molecule has 0 spiro atoms. The summed E-state index contributed by atoms with van der Waals surface area (Å²) in [6, 6.07) is 5.91. The second-order valence-electron chi connectivity index (χ2n) is 6.39. The fourth-order valence-electron chi connectivity index (χ4n) is 3.29. The summed E-state index contributed by atoms with van der Waals surface area (Å²) in [5, 5.41) is 25.1. The average molecular weight is 341 g/mol. The van der Waals surface area contributed by atoms with E-state index in [-0.39, 0.29) is 11.7 Å². The monoisotopic (exact) mass is 341 g/mol. The molecule has 4 rings (SSSR count). The van der Waals surface area contributed by atoms with Gasteiger partial charge in [-0.15, -0.1) is 10.2 Å². The minimum absolute atomic E-state index is 0.0813. The van der Waals surface area contributed by atoms with Crippen LogP contribution >= 0.6 is 0 Å². The van der Waals surface area contributed by atoms with Gasteiger partial charge in [0.25, 0.3) is 5.91 Å². The number of carbonyl (C=O) groups is 1. The number of amides is 1. The van der Waals surface area contributed by atoms with Crippen molar-refractivity contribution in [2.24, 2.45) is 0 Å². The van der Waals surface area contributed by atoms with Crippen LogP contribution in [0, 0.1) is 0 Å². The number of aromatic nitrogens is 4. The summed E-state index contributed by atoms with van der Waals surface area (Å²) < 4.78 is 5.53. The summed E-state index contributed by atoms with van der Waals surface area (Å²) in [4.78, 5) is 14.6. The summed E-state index contributed by atoms with van der Waals surface area (Å²) >= 11 is 0. The predicted octanol–water partition coefficient (Wildman–Crippen LogP) is 1.63. The van der Waals surface area contributed by atoms with Crippen molar-refractivity contribution in [1.29, 1.82) is 0 Å². The van der Waals surface area contributed by atoms with E-state index in [1.165, 1.54) is 6.26 Å². The molecule has 1 saturated heterocycles. The Kier molecular flexibility index (Phi) is 3.76. The third-order valence-electron chi connectivity index (χ3n) is 4.92. The number of benzene rings is 1. The van der Waals surface area contributed by atoms with Crippen LogP contribution < -0.4 is 0 Å². The zero-order valence-electron chi connectivity index (χ0n) is 13.9. The molecule has 130 valence electrons. The number of fused-ring (bicyclic) bond motifs is 1. The smallest absolute Gasteiger partial charge is 0.257 e. The molecule has 8 heteroatoms. The maximum absolute atomic E-state index is 12.9. The number of H-pyrrole nitrogens is 1. The molecule has 3 aromatic rings. The molecule has 3 heterocycles. The van der Waals surface area contributed by atoms with Gasteiger partial charge in [-0.1, -0.05) is 18.2 Å². The molecular weight excluding hydrogens is 322 g/mol. The van der Waals surface area contributed by atoms with Gasteiger partial charge >= 0.3 is 0 Å². The largest absolute Gasteiger partial charge is 0.463 e. The lowest BCUT2D eigenvalue weighted by atomic mass is 9.90. The number of aromatic amines is 1. The van der Waals surface area contributed by atoms with Crippen molar-refractivity contribution in [2.75, 3.05) is 13.1 Å². The predicted molar refractivity (Wildman–Crippen MR) is 88.8 cm³/mol. The van der Waals surface area contributed by atoms with Crippen molar-refractivity contribution in [3.8, 4) is 0 Å². The van der Waals surface area contributed by atoms with Crippen LogP contribution in [0.3, 0.4) is 0 Å². The number of rotatable bonds is 3. The molecule has 0 aliphatic carbocycles. The summed E-state index contributed by atoms with van der Waals surface area (Å²) in [6.45, 7) is 2.92. The Morgan fingerprint density at radius 1 is 1.40 bits per heavy atom. The van der Waals surface area contributed by atoms with Crippen molar-refractivity contribution < 1.29 is 14.3 Å². The van der Waals surface area contributed by atoms with Gasteiger partial charge in [-0.2, -0.15) is 5.21 Å². The molecule has 2 aromatic heterocycles. The maximum atomic E-state index is 12.9. The quantitative estimate of drug-likeness (QED) is 0.749. The Labute approximate surface area is 143 Å². The molecule has 1 aliphatic heterocycles. The van der Waals surface area contributed by atoms with E-state index in [0.29, 0.717) is 37.1 Å². The van der Waals surface area contributed by atoms with E-state index in [2.05, 4.69) is 27.5 Å². The molecule has 0 atom stereocenters. The van der Waals surface area contributed by atoms with Crippen LogP contribution in [0.4, 0.5) is 0 Å². The molecule has 0 radical (unpaired) electrons. The van der Waals surface area contributed by atoms with Crippen LogP contribution in [0.5, 0.6) is 0 Å². The number of nitrogens with zero attached hydrogens (tertiary/aromatic N) is 4. The normalized spacial score (nSPS) is 17.1. The fourth-order valence-corrected chi connectivity index (χ4v) is 3.29. The minimum atomic E-state index is -1.14. The highest BCUT2D eigenvalue weighted by molar-refractivity contribution is 6.06. The zero-order chi connectivity index (χ0) is 17.4. The molecule has 0 bridgehead atoms. The van der Waals surface area contributed by atoms with Crippen LogP contribution in [0.25, 0.3) is 11.0 Å². The van der Waals surface area contributed by atoms with E-state index in [0.717, 1.165) is 17.4 Å². The first-order valence-electron chi connectivity index (χ1n) is 8.36. The van der Waals surface area contributed by atoms with Crippen LogP contribution in [0.15, 0.2) is 28.9 Å². The average Bonchev–Trinajstić information content (AvgIpc) is 3.31. The Balaban J connectivity index is 1.55. The number of nitrogens with one attached hydrogen (secondary N) is 1. The number of aryl methyl sites for hydroxylation is 1. The van der Waals surface area contributed by atoms with Crippen LogP contribution in [0.1, 0.15) is 41.5 Å². The van der Waals surface area contributed by atoms with Gasteiger partial charge < -0.3 is 14.4 Å². The van der Waals surface area contributed by atoms with Gasteiger partial charge in [-0.3, -0.25) is 4.79 Å². The van der Waals surface area contributed by atoms with E-state index < -0.39 is 5.60 Å². The van der Waals surface area contributed by atoms with Gasteiger partial charge in [0.1, 0.15) is 17.4 Å². The molecule has 1 amide bonds. The summed E-state index contributed by atoms with van der Waals surface area (Å²) in [7, 11) is 0. The first kappa shape index (κ1) is 15.8. The van der Waals surface area contributed by atoms with Crippen molar-refractivity contribution >= 4 is 16.9 Å². The molecule has 1 aromatic carbocycles. The number of furan rings is 1. The number of hydrogen-bond donors (Lipinski definition) is 2. The molecule has 25 heavy (non-hydrogen) atoms. The van der Waals surface area contributed by atoms with E-state index in [4.69, 9.17) is 4.42 Å². The second kappa shape index (κ2) is 5.96. The Morgan fingerprint density at radius 3 is 2.88 bits per heavy atom. The maximum Gasteiger partial charge on any atom is 0.257 e. The van der Waals surface area contributed by atoms with Gasteiger partial charge in [-0.25, -0.2) is 0 Å². The van der Waals surface area contributed by atoms with Crippen molar-refractivity contribution in [3.63, 3.8) is 0 Å². The van der Waals surface area contributed by atoms with E-state index in [1.807, 2.05) is 18.2 Å².